The number of methoxy groups -OCH3 is 1. The van der Waals surface area contributed by atoms with E-state index in [1.165, 1.54) is 17.0 Å². The van der Waals surface area contributed by atoms with Crippen LogP contribution in [0.3, 0.4) is 0 Å². The molecule has 0 saturated carbocycles. The first-order valence-electron chi connectivity index (χ1n) is 14.0. The maximum absolute atomic E-state index is 14.3. The molecule has 3 aromatic carbocycles. The minimum absolute atomic E-state index is 0.0198. The number of aliphatic carboxylic acids is 1. The molecule has 4 aromatic rings. The molecule has 2 aliphatic heterocycles. The summed E-state index contributed by atoms with van der Waals surface area (Å²) >= 11 is 0. The van der Waals surface area contributed by atoms with Crippen molar-refractivity contribution in [1.82, 2.24) is 15.2 Å². The number of para-hydroxylation sites is 2. The van der Waals surface area contributed by atoms with Gasteiger partial charge in [-0.2, -0.15) is 0 Å². The van der Waals surface area contributed by atoms with E-state index in [9.17, 15) is 29.1 Å². The number of urea groups is 1. The second kappa shape index (κ2) is 11.2. The van der Waals surface area contributed by atoms with Gasteiger partial charge in [-0.25, -0.2) is 14.5 Å². The van der Waals surface area contributed by atoms with E-state index in [1.54, 1.807) is 25.3 Å². The van der Waals surface area contributed by atoms with Gasteiger partial charge in [0.2, 0.25) is 5.91 Å². The lowest BCUT2D eigenvalue weighted by molar-refractivity contribution is -0.139. The monoisotopic (exact) mass is 595 g/mol. The SMILES string of the molecule is COc1cccc(C2c3[nH]c4ccccc4c3C[C@H]3C(=O)N(c4ccccc4C(=O)N[C@H](CCC(N)=O)C(=O)O)C(=O)N23)c1. The van der Waals surface area contributed by atoms with Crippen LogP contribution in [0.1, 0.15) is 46.1 Å². The number of imide groups is 1. The van der Waals surface area contributed by atoms with Crippen LogP contribution in [-0.2, 0) is 20.8 Å². The zero-order chi connectivity index (χ0) is 31.1. The first kappa shape index (κ1) is 28.5. The summed E-state index contributed by atoms with van der Waals surface area (Å²) in [6, 6.07) is 17.5. The number of aromatic amines is 1. The van der Waals surface area contributed by atoms with Gasteiger partial charge in [0.25, 0.3) is 11.8 Å². The molecule has 1 fully saturated rings. The molecule has 3 heterocycles. The second-order valence-electron chi connectivity index (χ2n) is 10.7. The fraction of sp³-hybridized carbons (Fsp3) is 0.219. The zero-order valence-corrected chi connectivity index (χ0v) is 23.7. The Balaban J connectivity index is 1.41. The fourth-order valence-corrected chi connectivity index (χ4v) is 6.09. The van der Waals surface area contributed by atoms with Crippen molar-refractivity contribution in [3.05, 3.63) is 95.2 Å². The van der Waals surface area contributed by atoms with Gasteiger partial charge in [-0.3, -0.25) is 19.3 Å². The van der Waals surface area contributed by atoms with Crippen LogP contribution in [0.15, 0.2) is 72.8 Å². The average Bonchev–Trinajstić information content (AvgIpc) is 3.51. The third kappa shape index (κ3) is 4.79. The molecule has 6 rings (SSSR count). The van der Waals surface area contributed by atoms with Gasteiger partial charge in [0.15, 0.2) is 0 Å². The van der Waals surface area contributed by atoms with E-state index in [2.05, 4.69) is 10.3 Å². The van der Waals surface area contributed by atoms with Crippen LogP contribution in [0.4, 0.5) is 10.5 Å². The number of nitrogens with zero attached hydrogens (tertiary/aromatic N) is 2. The number of carboxylic acid groups (broad SMARTS) is 1. The van der Waals surface area contributed by atoms with Crippen LogP contribution in [0.2, 0.25) is 0 Å². The molecular formula is C32H29N5O7. The zero-order valence-electron chi connectivity index (χ0n) is 23.7. The normalized spacial score (nSPS) is 18.1. The number of ether oxygens (including phenoxy) is 1. The maximum atomic E-state index is 14.3. The molecule has 3 atom stereocenters. The summed E-state index contributed by atoms with van der Waals surface area (Å²) in [5.41, 5.74) is 8.43. The molecule has 224 valence electrons. The van der Waals surface area contributed by atoms with E-state index < -0.39 is 47.8 Å². The van der Waals surface area contributed by atoms with Gasteiger partial charge in [-0.1, -0.05) is 42.5 Å². The fourth-order valence-electron chi connectivity index (χ4n) is 6.09. The molecule has 12 nitrogen and oxygen atoms in total. The number of fused-ring (bicyclic) bond motifs is 4. The lowest BCUT2D eigenvalue weighted by atomic mass is 9.89. The van der Waals surface area contributed by atoms with E-state index >= 15 is 0 Å². The van der Waals surface area contributed by atoms with Crippen molar-refractivity contribution in [1.29, 1.82) is 0 Å². The number of nitrogens with two attached hydrogens (primary N) is 1. The van der Waals surface area contributed by atoms with Crippen molar-refractivity contribution in [3.63, 3.8) is 0 Å². The number of carbonyl (C=O) groups excluding carboxylic acids is 4. The molecule has 1 unspecified atom stereocenters. The van der Waals surface area contributed by atoms with Crippen LogP contribution in [-0.4, -0.2) is 63.9 Å². The predicted molar refractivity (Wildman–Crippen MR) is 159 cm³/mol. The largest absolute Gasteiger partial charge is 0.497 e. The molecule has 0 bridgehead atoms. The summed E-state index contributed by atoms with van der Waals surface area (Å²) in [5, 5.41) is 12.9. The van der Waals surface area contributed by atoms with Crippen LogP contribution in [0.5, 0.6) is 5.75 Å². The quantitative estimate of drug-likeness (QED) is 0.215. The van der Waals surface area contributed by atoms with Gasteiger partial charge < -0.3 is 25.9 Å². The molecule has 1 saturated heterocycles. The third-order valence-corrected chi connectivity index (χ3v) is 8.13. The Morgan fingerprint density at radius 3 is 2.57 bits per heavy atom. The average molecular weight is 596 g/mol. The van der Waals surface area contributed by atoms with Crippen molar-refractivity contribution in [2.75, 3.05) is 12.0 Å². The molecular weight excluding hydrogens is 566 g/mol. The number of benzene rings is 3. The Kier molecular flexibility index (Phi) is 7.25. The van der Waals surface area contributed by atoms with E-state index in [-0.39, 0.29) is 30.5 Å². The smallest absolute Gasteiger partial charge is 0.332 e. The summed E-state index contributed by atoms with van der Waals surface area (Å²) in [6.45, 7) is 0. The summed E-state index contributed by atoms with van der Waals surface area (Å²) in [6.07, 6.45) is -0.216. The number of hydrogen-bond acceptors (Lipinski definition) is 6. The van der Waals surface area contributed by atoms with Crippen LogP contribution in [0, 0.1) is 0 Å². The van der Waals surface area contributed by atoms with Gasteiger partial charge in [0.05, 0.1) is 18.4 Å². The third-order valence-electron chi connectivity index (χ3n) is 8.13. The topological polar surface area (TPSA) is 175 Å². The number of rotatable bonds is 9. The van der Waals surface area contributed by atoms with Crippen LogP contribution in [0.25, 0.3) is 10.9 Å². The molecule has 2 aliphatic rings. The number of aromatic nitrogens is 1. The number of carbonyl (C=O) groups is 5. The Labute approximate surface area is 251 Å². The van der Waals surface area contributed by atoms with Gasteiger partial charge in [0, 0.05) is 29.4 Å². The molecule has 44 heavy (non-hydrogen) atoms. The highest BCUT2D eigenvalue weighted by Crippen LogP contribution is 2.45. The second-order valence-corrected chi connectivity index (χ2v) is 10.7. The Bertz CT molecular complexity index is 1830. The molecule has 0 aliphatic carbocycles. The van der Waals surface area contributed by atoms with E-state index in [0.717, 1.165) is 32.6 Å². The summed E-state index contributed by atoms with van der Waals surface area (Å²) in [7, 11) is 1.55. The van der Waals surface area contributed by atoms with Gasteiger partial charge in [0.1, 0.15) is 23.9 Å². The molecule has 1 aromatic heterocycles. The number of primary amides is 1. The highest BCUT2D eigenvalue weighted by Gasteiger charge is 2.53. The van der Waals surface area contributed by atoms with Crippen molar-refractivity contribution < 1.29 is 33.8 Å². The van der Waals surface area contributed by atoms with Gasteiger partial charge in [-0.15, -0.1) is 0 Å². The Hall–Kier alpha value is -5.65. The van der Waals surface area contributed by atoms with Gasteiger partial charge in [-0.05, 0) is 47.9 Å². The van der Waals surface area contributed by atoms with E-state index in [0.29, 0.717) is 5.75 Å². The van der Waals surface area contributed by atoms with Crippen molar-refractivity contribution >= 4 is 46.3 Å². The minimum atomic E-state index is -1.41. The van der Waals surface area contributed by atoms with Crippen molar-refractivity contribution in [2.45, 2.75) is 37.4 Å². The minimum Gasteiger partial charge on any atom is -0.497 e. The summed E-state index contributed by atoms with van der Waals surface area (Å²) < 4.78 is 5.46. The van der Waals surface area contributed by atoms with Crippen LogP contribution < -0.4 is 20.7 Å². The first-order chi connectivity index (χ1) is 21.2. The highest BCUT2D eigenvalue weighted by atomic mass is 16.5. The molecule has 0 radical (unpaired) electrons. The standard InChI is InChI=1S/C32H29N5O7/c1-44-18-8-6-7-17(15-18)28-27-21(19-9-2-4-11-22(19)34-27)16-25-30(40)37(32(43)36(25)28)24-12-5-3-10-20(24)29(39)35-23(31(41)42)13-14-26(33)38/h2-12,15,23,25,28,34H,13-14,16H2,1H3,(H2,33,38)(H,35,39)(H,41,42)/t23-,25+,28?/m1/s1. The van der Waals surface area contributed by atoms with Crippen molar-refractivity contribution in [3.8, 4) is 5.75 Å². The van der Waals surface area contributed by atoms with Gasteiger partial charge >= 0.3 is 12.0 Å². The van der Waals surface area contributed by atoms with Crippen molar-refractivity contribution in [2.24, 2.45) is 5.73 Å². The molecule has 5 amide bonds. The number of anilines is 1. The first-order valence-corrected chi connectivity index (χ1v) is 14.0. The van der Waals surface area contributed by atoms with E-state index in [4.69, 9.17) is 10.5 Å². The van der Waals surface area contributed by atoms with E-state index in [1.807, 2.05) is 42.5 Å². The Morgan fingerprint density at radius 2 is 1.82 bits per heavy atom. The Morgan fingerprint density at radius 1 is 1.07 bits per heavy atom. The molecule has 0 spiro atoms. The predicted octanol–water partition coefficient (Wildman–Crippen LogP) is 3.11. The lowest BCUT2D eigenvalue weighted by Crippen LogP contribution is -2.44. The molecule has 5 N–H and O–H groups in total. The lowest BCUT2D eigenvalue weighted by Gasteiger charge is -2.36. The number of H-pyrrole nitrogens is 1. The van der Waals surface area contributed by atoms with Crippen LogP contribution >= 0.6 is 0 Å². The summed E-state index contributed by atoms with van der Waals surface area (Å²) in [4.78, 5) is 70.8. The number of amides is 5. The molecule has 12 heteroatoms. The number of hydrogen-bond donors (Lipinski definition) is 4. The highest BCUT2D eigenvalue weighted by molar-refractivity contribution is 6.24. The summed E-state index contributed by atoms with van der Waals surface area (Å²) in [5.74, 6) is -2.80. The maximum Gasteiger partial charge on any atom is 0.332 e. The number of nitrogens with one attached hydrogen (secondary N) is 2. The number of carboxylic acids is 1.